The van der Waals surface area contributed by atoms with E-state index in [9.17, 15) is 14.4 Å². The van der Waals surface area contributed by atoms with Crippen LogP contribution in [0.5, 0.6) is 0 Å². The Bertz CT molecular complexity index is 1250. The molecule has 0 aromatic heterocycles. The molecule has 0 aliphatic rings. The molecule has 0 unspecified atom stereocenters. The Balaban J connectivity index is 1.31. The quantitative estimate of drug-likeness (QED) is 0.383. The maximum absolute atomic E-state index is 12.4. The van der Waals surface area contributed by atoms with Crippen LogP contribution >= 0.6 is 0 Å². The number of benzene rings is 4. The van der Waals surface area contributed by atoms with Crippen molar-refractivity contribution < 1.29 is 14.4 Å². The van der Waals surface area contributed by atoms with Gasteiger partial charge in [0.15, 0.2) is 0 Å². The molecule has 4 aromatic carbocycles. The summed E-state index contributed by atoms with van der Waals surface area (Å²) in [4.78, 5) is 36.8. The van der Waals surface area contributed by atoms with Crippen LogP contribution in [0, 0.1) is 0 Å². The van der Waals surface area contributed by atoms with Crippen molar-refractivity contribution in [2.75, 3.05) is 10.6 Å². The molecule has 0 fully saturated rings. The predicted molar refractivity (Wildman–Crippen MR) is 129 cm³/mol. The zero-order valence-corrected chi connectivity index (χ0v) is 17.6. The Hall–Kier alpha value is -4.71. The number of carbonyl (C=O) groups is 3. The fourth-order valence-electron chi connectivity index (χ4n) is 3.21. The average molecular weight is 435 g/mol. The molecule has 33 heavy (non-hydrogen) atoms. The molecule has 3 N–H and O–H groups in total. The summed E-state index contributed by atoms with van der Waals surface area (Å²) in [6, 6.07) is 31.7. The molecule has 0 radical (unpaired) electrons. The van der Waals surface area contributed by atoms with Crippen LogP contribution in [0.15, 0.2) is 109 Å². The van der Waals surface area contributed by atoms with Gasteiger partial charge in [-0.1, -0.05) is 60.7 Å². The maximum Gasteiger partial charge on any atom is 0.326 e. The minimum absolute atomic E-state index is 0.224. The van der Waals surface area contributed by atoms with E-state index < -0.39 is 11.9 Å². The first-order valence-corrected chi connectivity index (χ1v) is 10.3. The highest BCUT2D eigenvalue weighted by Gasteiger charge is 2.11. The lowest BCUT2D eigenvalue weighted by Gasteiger charge is -2.09. The Labute approximate surface area is 191 Å². The fraction of sp³-hybridized carbons (Fsp3) is 0. The molecule has 6 heteroatoms. The van der Waals surface area contributed by atoms with E-state index in [4.69, 9.17) is 0 Å². The normalized spacial score (nSPS) is 10.2. The fourth-order valence-corrected chi connectivity index (χ4v) is 3.21. The zero-order valence-electron chi connectivity index (χ0n) is 17.6. The van der Waals surface area contributed by atoms with Gasteiger partial charge in [0.1, 0.15) is 0 Å². The third-order valence-electron chi connectivity index (χ3n) is 4.92. The van der Waals surface area contributed by atoms with E-state index in [1.54, 1.807) is 60.7 Å². The summed E-state index contributed by atoms with van der Waals surface area (Å²) < 4.78 is 0. The van der Waals surface area contributed by atoms with Gasteiger partial charge in [0.05, 0.1) is 0 Å². The lowest BCUT2D eigenvalue weighted by atomic mass is 10.0. The molecule has 6 nitrogen and oxygen atoms in total. The molecule has 4 aromatic rings. The maximum atomic E-state index is 12.4. The van der Waals surface area contributed by atoms with Crippen molar-refractivity contribution in [3.05, 3.63) is 120 Å². The number of amides is 4. The summed E-state index contributed by atoms with van der Waals surface area (Å²) >= 11 is 0. The third-order valence-corrected chi connectivity index (χ3v) is 4.92. The first kappa shape index (κ1) is 21.5. The highest BCUT2D eigenvalue weighted by atomic mass is 16.2. The van der Waals surface area contributed by atoms with E-state index in [1.165, 1.54) is 0 Å². The molecule has 0 saturated carbocycles. The van der Waals surface area contributed by atoms with Crippen LogP contribution in [-0.4, -0.2) is 17.8 Å². The van der Waals surface area contributed by atoms with Crippen LogP contribution in [0.25, 0.3) is 11.1 Å². The van der Waals surface area contributed by atoms with Crippen LogP contribution < -0.4 is 16.0 Å². The van der Waals surface area contributed by atoms with Gasteiger partial charge in [0.25, 0.3) is 11.8 Å². The monoisotopic (exact) mass is 435 g/mol. The largest absolute Gasteiger partial charge is 0.326 e. The Morgan fingerprint density at radius 2 is 0.939 bits per heavy atom. The summed E-state index contributed by atoms with van der Waals surface area (Å²) in [5.74, 6) is -0.725. The number of rotatable bonds is 5. The average Bonchev–Trinajstić information content (AvgIpc) is 2.86. The van der Waals surface area contributed by atoms with E-state index in [1.807, 2.05) is 48.5 Å². The topological polar surface area (TPSA) is 87.3 Å². The van der Waals surface area contributed by atoms with Gasteiger partial charge in [-0.25, -0.2) is 4.79 Å². The van der Waals surface area contributed by atoms with Gasteiger partial charge in [-0.05, 0) is 59.7 Å². The second-order valence-corrected chi connectivity index (χ2v) is 7.25. The second-order valence-electron chi connectivity index (χ2n) is 7.25. The number of nitrogens with one attached hydrogen (secondary N) is 3. The third kappa shape index (κ3) is 5.71. The van der Waals surface area contributed by atoms with Gasteiger partial charge < -0.3 is 10.6 Å². The van der Waals surface area contributed by atoms with Gasteiger partial charge in [-0.15, -0.1) is 0 Å². The van der Waals surface area contributed by atoms with Gasteiger partial charge in [0.2, 0.25) is 0 Å². The highest BCUT2D eigenvalue weighted by Crippen LogP contribution is 2.19. The number of anilines is 2. The molecule has 0 aliphatic carbocycles. The molecule has 4 amide bonds. The van der Waals surface area contributed by atoms with Crippen molar-refractivity contribution >= 4 is 29.2 Å². The molecule has 0 spiro atoms. The molecule has 0 heterocycles. The van der Waals surface area contributed by atoms with Crippen LogP contribution in [0.4, 0.5) is 16.2 Å². The lowest BCUT2D eigenvalue weighted by molar-refractivity contribution is 0.0965. The second kappa shape index (κ2) is 10.1. The molecular formula is C27H21N3O3. The molecule has 4 rings (SSSR count). The standard InChI is InChI=1S/C27H21N3O3/c31-25(21-9-5-2-6-10-21)28-23-15-17-24(18-16-23)29-27(33)30-26(32)22-13-11-20(12-14-22)19-7-3-1-4-8-19/h1-18H,(H,28,31)(H2,29,30,32,33). The lowest BCUT2D eigenvalue weighted by Crippen LogP contribution is -2.34. The molecule has 0 bridgehead atoms. The van der Waals surface area contributed by atoms with E-state index in [2.05, 4.69) is 16.0 Å². The number of urea groups is 1. The number of hydrogen-bond acceptors (Lipinski definition) is 3. The summed E-state index contributed by atoms with van der Waals surface area (Å²) in [6.45, 7) is 0. The predicted octanol–water partition coefficient (Wildman–Crippen LogP) is 5.57. The molecule has 0 saturated heterocycles. The first-order chi connectivity index (χ1) is 16.1. The summed E-state index contributed by atoms with van der Waals surface area (Å²) in [5.41, 5.74) is 4.03. The van der Waals surface area contributed by atoms with Crippen LogP contribution in [-0.2, 0) is 0 Å². The van der Waals surface area contributed by atoms with E-state index >= 15 is 0 Å². The summed E-state index contributed by atoms with van der Waals surface area (Å²) in [6.07, 6.45) is 0. The Morgan fingerprint density at radius 3 is 1.55 bits per heavy atom. The van der Waals surface area contributed by atoms with Gasteiger partial charge in [-0.2, -0.15) is 0 Å². The Kier molecular flexibility index (Phi) is 6.56. The van der Waals surface area contributed by atoms with Gasteiger partial charge in [0, 0.05) is 22.5 Å². The molecule has 162 valence electrons. The number of hydrogen-bond donors (Lipinski definition) is 3. The van der Waals surface area contributed by atoms with Crippen molar-refractivity contribution in [3.63, 3.8) is 0 Å². The molecule has 0 atom stereocenters. The van der Waals surface area contributed by atoms with Gasteiger partial charge >= 0.3 is 6.03 Å². The summed E-state index contributed by atoms with van der Waals surface area (Å²) in [5, 5.41) is 7.71. The first-order valence-electron chi connectivity index (χ1n) is 10.3. The van der Waals surface area contributed by atoms with Crippen molar-refractivity contribution in [3.8, 4) is 11.1 Å². The Morgan fingerprint density at radius 1 is 0.455 bits per heavy atom. The van der Waals surface area contributed by atoms with E-state index in [0.717, 1.165) is 11.1 Å². The van der Waals surface area contributed by atoms with Crippen LogP contribution in [0.1, 0.15) is 20.7 Å². The molecule has 0 aliphatic heterocycles. The van der Waals surface area contributed by atoms with E-state index in [-0.39, 0.29) is 5.91 Å². The smallest absolute Gasteiger partial charge is 0.322 e. The van der Waals surface area contributed by atoms with E-state index in [0.29, 0.717) is 22.5 Å². The zero-order chi connectivity index (χ0) is 23.0. The molecular weight excluding hydrogens is 414 g/mol. The highest BCUT2D eigenvalue weighted by molar-refractivity contribution is 6.08. The van der Waals surface area contributed by atoms with Crippen LogP contribution in [0.3, 0.4) is 0 Å². The SMILES string of the molecule is O=C(NC(=O)c1ccc(-c2ccccc2)cc1)Nc1ccc(NC(=O)c2ccccc2)cc1. The van der Waals surface area contributed by atoms with Crippen molar-refractivity contribution in [1.82, 2.24) is 5.32 Å². The minimum atomic E-state index is -0.645. The summed E-state index contributed by atoms with van der Waals surface area (Å²) in [7, 11) is 0. The van der Waals surface area contributed by atoms with Crippen molar-refractivity contribution in [1.29, 1.82) is 0 Å². The number of imide groups is 1. The van der Waals surface area contributed by atoms with Crippen LogP contribution in [0.2, 0.25) is 0 Å². The minimum Gasteiger partial charge on any atom is -0.322 e. The van der Waals surface area contributed by atoms with Crippen molar-refractivity contribution in [2.24, 2.45) is 0 Å². The van der Waals surface area contributed by atoms with Gasteiger partial charge in [-0.3, -0.25) is 14.9 Å². The van der Waals surface area contributed by atoms with Crippen molar-refractivity contribution in [2.45, 2.75) is 0 Å². The number of carbonyl (C=O) groups excluding carboxylic acids is 3.